The maximum atomic E-state index is 12.5. The number of benzene rings is 2. The molecule has 0 aromatic heterocycles. The molecule has 180 valence electrons. The van der Waals surface area contributed by atoms with Crippen LogP contribution in [0.1, 0.15) is 16.7 Å². The first-order valence-electron chi connectivity index (χ1n) is 10.3. The number of hydrogen-bond acceptors (Lipinski definition) is 7. The lowest BCUT2D eigenvalue weighted by Gasteiger charge is -2.13. The van der Waals surface area contributed by atoms with Gasteiger partial charge in [-0.2, -0.15) is 0 Å². The van der Waals surface area contributed by atoms with Gasteiger partial charge in [0.2, 0.25) is 0 Å². The quantitative estimate of drug-likeness (QED) is 0.451. The van der Waals surface area contributed by atoms with Gasteiger partial charge in [0.1, 0.15) is 0 Å². The Morgan fingerprint density at radius 2 is 1.85 bits per heavy atom. The van der Waals surface area contributed by atoms with E-state index in [0.717, 1.165) is 32.3 Å². The van der Waals surface area contributed by atoms with Crippen molar-refractivity contribution in [2.75, 3.05) is 39.3 Å². The van der Waals surface area contributed by atoms with Crippen LogP contribution in [0.4, 0.5) is 10.5 Å². The fourth-order valence-corrected chi connectivity index (χ4v) is 4.55. The summed E-state index contributed by atoms with van der Waals surface area (Å²) >= 11 is 4.34. The SMILES string of the molecule is COCCN1C(=O)S/C(=C/c2ccc(OCC(=O)Nc3cc(C)c(C)cc3Br)c(OC)c2)C1=O. The number of amides is 3. The molecule has 0 spiro atoms. The average molecular weight is 549 g/mol. The zero-order chi connectivity index (χ0) is 24.8. The third-order valence-electron chi connectivity index (χ3n) is 5.09. The third kappa shape index (κ3) is 6.19. The van der Waals surface area contributed by atoms with Crippen molar-refractivity contribution in [1.82, 2.24) is 4.90 Å². The Morgan fingerprint density at radius 1 is 1.12 bits per heavy atom. The fourth-order valence-electron chi connectivity index (χ4n) is 3.13. The van der Waals surface area contributed by atoms with E-state index < -0.39 is 0 Å². The summed E-state index contributed by atoms with van der Waals surface area (Å²) in [5.74, 6) is 0.0926. The zero-order valence-corrected chi connectivity index (χ0v) is 21.7. The van der Waals surface area contributed by atoms with Gasteiger partial charge < -0.3 is 19.5 Å². The van der Waals surface area contributed by atoms with Gasteiger partial charge in [-0.1, -0.05) is 6.07 Å². The highest BCUT2D eigenvalue weighted by Crippen LogP contribution is 2.34. The summed E-state index contributed by atoms with van der Waals surface area (Å²) in [5.41, 5.74) is 3.50. The molecule has 2 aromatic rings. The minimum Gasteiger partial charge on any atom is -0.493 e. The van der Waals surface area contributed by atoms with Gasteiger partial charge in [-0.05, 0) is 88.6 Å². The molecule has 1 aliphatic rings. The standard InChI is InChI=1S/C24H25BrN2O6S/c1-14-9-17(25)18(10-15(14)2)26-22(28)13-33-19-6-5-16(11-20(19)32-4)12-21-23(29)27(7-8-31-3)24(30)34-21/h5-6,9-12H,7-8,13H2,1-4H3,(H,26,28)/b21-12+. The number of thioether (sulfide) groups is 1. The maximum Gasteiger partial charge on any atom is 0.293 e. The fraction of sp³-hybridized carbons (Fsp3) is 0.292. The van der Waals surface area contributed by atoms with E-state index in [4.69, 9.17) is 14.2 Å². The summed E-state index contributed by atoms with van der Waals surface area (Å²) in [6.45, 7) is 4.24. The van der Waals surface area contributed by atoms with E-state index >= 15 is 0 Å². The number of methoxy groups -OCH3 is 2. The van der Waals surface area contributed by atoms with Gasteiger partial charge >= 0.3 is 0 Å². The molecule has 1 saturated heterocycles. The van der Waals surface area contributed by atoms with Crippen molar-refractivity contribution in [2.45, 2.75) is 13.8 Å². The smallest absolute Gasteiger partial charge is 0.293 e. The predicted molar refractivity (Wildman–Crippen MR) is 135 cm³/mol. The van der Waals surface area contributed by atoms with Crippen LogP contribution in [0.15, 0.2) is 39.7 Å². The van der Waals surface area contributed by atoms with Gasteiger partial charge in [0.25, 0.3) is 17.1 Å². The summed E-state index contributed by atoms with van der Waals surface area (Å²) < 4.78 is 16.8. The van der Waals surface area contributed by atoms with E-state index in [1.807, 2.05) is 26.0 Å². The molecular weight excluding hydrogens is 524 g/mol. The highest BCUT2D eigenvalue weighted by Gasteiger charge is 2.34. The monoisotopic (exact) mass is 548 g/mol. The van der Waals surface area contributed by atoms with Crippen LogP contribution < -0.4 is 14.8 Å². The summed E-state index contributed by atoms with van der Waals surface area (Å²) in [6, 6.07) is 8.89. The first-order valence-corrected chi connectivity index (χ1v) is 12.0. The van der Waals surface area contributed by atoms with E-state index in [-0.39, 0.29) is 36.8 Å². The molecule has 3 amide bonds. The van der Waals surface area contributed by atoms with Crippen LogP contribution in [0.25, 0.3) is 6.08 Å². The molecule has 0 atom stereocenters. The van der Waals surface area contributed by atoms with Crippen molar-refractivity contribution in [3.8, 4) is 11.5 Å². The second-order valence-corrected chi connectivity index (χ2v) is 9.34. The van der Waals surface area contributed by atoms with Crippen LogP contribution in [-0.2, 0) is 14.3 Å². The summed E-state index contributed by atoms with van der Waals surface area (Å²) in [6.07, 6.45) is 1.62. The van der Waals surface area contributed by atoms with E-state index in [2.05, 4.69) is 21.2 Å². The largest absolute Gasteiger partial charge is 0.493 e. The maximum absolute atomic E-state index is 12.5. The zero-order valence-electron chi connectivity index (χ0n) is 19.3. The minimum absolute atomic E-state index is 0.204. The number of rotatable bonds is 9. The molecule has 0 saturated carbocycles. The van der Waals surface area contributed by atoms with Crippen molar-refractivity contribution in [3.63, 3.8) is 0 Å². The third-order valence-corrected chi connectivity index (χ3v) is 6.66. The van der Waals surface area contributed by atoms with E-state index in [1.165, 1.54) is 14.2 Å². The topological polar surface area (TPSA) is 94.2 Å². The Balaban J connectivity index is 1.67. The number of ether oxygens (including phenoxy) is 3. The van der Waals surface area contributed by atoms with Gasteiger partial charge in [0, 0.05) is 11.6 Å². The highest BCUT2D eigenvalue weighted by atomic mass is 79.9. The number of nitrogens with zero attached hydrogens (tertiary/aromatic N) is 1. The summed E-state index contributed by atoms with van der Waals surface area (Å²) in [5, 5.41) is 2.49. The van der Waals surface area contributed by atoms with Gasteiger partial charge in [0.05, 0.1) is 30.9 Å². The number of anilines is 1. The van der Waals surface area contributed by atoms with E-state index in [1.54, 1.807) is 24.3 Å². The van der Waals surface area contributed by atoms with Gasteiger partial charge in [0.15, 0.2) is 18.1 Å². The summed E-state index contributed by atoms with van der Waals surface area (Å²) in [4.78, 5) is 38.5. The molecule has 0 radical (unpaired) electrons. The molecule has 1 aliphatic heterocycles. The number of aryl methyl sites for hydroxylation is 2. The molecule has 0 aliphatic carbocycles. The second kappa shape index (κ2) is 11.5. The summed E-state index contributed by atoms with van der Waals surface area (Å²) in [7, 11) is 2.99. The molecule has 10 heteroatoms. The van der Waals surface area contributed by atoms with Gasteiger partial charge in [-0.15, -0.1) is 0 Å². The first kappa shape index (κ1) is 25.8. The molecule has 2 aromatic carbocycles. The van der Waals surface area contributed by atoms with Crippen molar-refractivity contribution >= 4 is 56.5 Å². The molecule has 1 fully saturated rings. The minimum atomic E-state index is -0.361. The van der Waals surface area contributed by atoms with Crippen LogP contribution in [0.3, 0.4) is 0 Å². The number of imide groups is 1. The lowest BCUT2D eigenvalue weighted by Crippen LogP contribution is -2.31. The van der Waals surface area contributed by atoms with Crippen molar-refractivity contribution < 1.29 is 28.6 Å². The Kier molecular flexibility index (Phi) is 8.76. The Labute approximate surface area is 210 Å². The Morgan fingerprint density at radius 3 is 2.56 bits per heavy atom. The number of carbonyl (C=O) groups excluding carboxylic acids is 3. The average Bonchev–Trinajstić information content (AvgIpc) is 3.07. The first-order chi connectivity index (χ1) is 16.2. The van der Waals surface area contributed by atoms with Crippen LogP contribution in [0, 0.1) is 13.8 Å². The van der Waals surface area contributed by atoms with Crippen LogP contribution in [0.5, 0.6) is 11.5 Å². The number of halogens is 1. The molecule has 3 rings (SSSR count). The Bertz CT molecular complexity index is 1150. The number of carbonyl (C=O) groups is 3. The molecule has 0 bridgehead atoms. The molecule has 0 unspecified atom stereocenters. The van der Waals surface area contributed by atoms with Crippen LogP contribution >= 0.6 is 27.7 Å². The Hall–Kier alpha value is -2.82. The second-order valence-electron chi connectivity index (χ2n) is 7.49. The lowest BCUT2D eigenvalue weighted by atomic mass is 10.1. The van der Waals surface area contributed by atoms with Crippen molar-refractivity contribution in [2.24, 2.45) is 0 Å². The van der Waals surface area contributed by atoms with E-state index in [0.29, 0.717) is 27.7 Å². The number of hydrogen-bond donors (Lipinski definition) is 1. The van der Waals surface area contributed by atoms with Gasteiger partial charge in [-0.25, -0.2) is 0 Å². The van der Waals surface area contributed by atoms with Crippen LogP contribution in [-0.4, -0.2) is 55.9 Å². The molecular formula is C24H25BrN2O6S. The van der Waals surface area contributed by atoms with Crippen LogP contribution in [0.2, 0.25) is 0 Å². The molecule has 1 heterocycles. The van der Waals surface area contributed by atoms with Crippen molar-refractivity contribution in [3.05, 3.63) is 56.4 Å². The number of nitrogens with one attached hydrogen (secondary N) is 1. The predicted octanol–water partition coefficient (Wildman–Crippen LogP) is 4.77. The molecule has 34 heavy (non-hydrogen) atoms. The van der Waals surface area contributed by atoms with E-state index in [9.17, 15) is 14.4 Å². The van der Waals surface area contributed by atoms with Gasteiger partial charge in [-0.3, -0.25) is 19.3 Å². The molecule has 8 nitrogen and oxygen atoms in total. The molecule has 1 N–H and O–H groups in total. The normalized spacial score (nSPS) is 14.6. The highest BCUT2D eigenvalue weighted by molar-refractivity contribution is 9.10. The lowest BCUT2D eigenvalue weighted by molar-refractivity contribution is -0.123. The van der Waals surface area contributed by atoms with Crippen molar-refractivity contribution in [1.29, 1.82) is 0 Å².